The van der Waals surface area contributed by atoms with E-state index in [1.54, 1.807) is 30.0 Å². The summed E-state index contributed by atoms with van der Waals surface area (Å²) in [5, 5.41) is 20.5. The molecule has 1 aliphatic rings. The Morgan fingerprint density at radius 2 is 2.25 bits per heavy atom. The average Bonchev–Trinajstić information content (AvgIpc) is 2.82. The number of rotatable bonds is 4. The lowest BCUT2D eigenvalue weighted by Crippen LogP contribution is -2.36. The topological polar surface area (TPSA) is 92.9 Å². The van der Waals surface area contributed by atoms with Crippen LogP contribution in [-0.2, 0) is 9.53 Å². The Kier molecular flexibility index (Phi) is 3.89. The van der Waals surface area contributed by atoms with Gasteiger partial charge in [0.05, 0.1) is 11.0 Å². The molecule has 0 spiro atoms. The zero-order valence-electron chi connectivity index (χ0n) is 11.3. The second-order valence-electron chi connectivity index (χ2n) is 4.80. The number of carboxylic acids is 1. The van der Waals surface area contributed by atoms with Crippen LogP contribution >= 0.6 is 0 Å². The molecule has 1 heterocycles. The van der Waals surface area contributed by atoms with Crippen molar-refractivity contribution in [3.8, 4) is 0 Å². The molecular formula is C13H16N2O5. The van der Waals surface area contributed by atoms with Crippen LogP contribution in [0.15, 0.2) is 18.2 Å². The molecule has 1 aromatic carbocycles. The summed E-state index contributed by atoms with van der Waals surface area (Å²) in [6.07, 6.45) is 0.0768. The molecule has 0 saturated carbocycles. The predicted octanol–water partition coefficient (Wildman–Crippen LogP) is 1.58. The molecule has 7 nitrogen and oxygen atoms in total. The van der Waals surface area contributed by atoms with Crippen LogP contribution < -0.4 is 4.90 Å². The number of nitrogens with zero attached hydrogens (tertiary/aromatic N) is 2. The molecule has 1 N–H and O–H groups in total. The number of benzene rings is 1. The Balaban J connectivity index is 2.47. The summed E-state index contributed by atoms with van der Waals surface area (Å²) >= 11 is 0. The lowest BCUT2D eigenvalue weighted by atomic mass is 10.1. The second-order valence-corrected chi connectivity index (χ2v) is 4.80. The Labute approximate surface area is 115 Å². The molecule has 7 heteroatoms. The van der Waals surface area contributed by atoms with Crippen molar-refractivity contribution in [3.63, 3.8) is 0 Å². The first-order valence-corrected chi connectivity index (χ1v) is 6.22. The van der Waals surface area contributed by atoms with Gasteiger partial charge in [0.15, 0.2) is 0 Å². The third-order valence-corrected chi connectivity index (χ3v) is 3.59. The van der Waals surface area contributed by atoms with Crippen LogP contribution in [0.5, 0.6) is 0 Å². The molecule has 0 radical (unpaired) electrons. The number of hydrogen-bond donors (Lipinski definition) is 1. The minimum absolute atomic E-state index is 0.0458. The molecule has 1 fully saturated rings. The van der Waals surface area contributed by atoms with Crippen molar-refractivity contribution >= 4 is 17.3 Å². The normalized spacial score (nSPS) is 22.0. The fourth-order valence-corrected chi connectivity index (χ4v) is 2.58. The average molecular weight is 280 g/mol. The van der Waals surface area contributed by atoms with Crippen molar-refractivity contribution in [3.05, 3.63) is 33.9 Å². The van der Waals surface area contributed by atoms with Crippen molar-refractivity contribution in [1.29, 1.82) is 0 Å². The minimum Gasteiger partial charge on any atom is -0.480 e. The van der Waals surface area contributed by atoms with E-state index in [9.17, 15) is 20.0 Å². The molecular weight excluding hydrogens is 264 g/mol. The highest BCUT2D eigenvalue weighted by atomic mass is 16.6. The van der Waals surface area contributed by atoms with Crippen LogP contribution in [0, 0.1) is 17.0 Å². The van der Waals surface area contributed by atoms with Gasteiger partial charge in [0.1, 0.15) is 11.7 Å². The third kappa shape index (κ3) is 2.44. The van der Waals surface area contributed by atoms with E-state index in [2.05, 4.69) is 0 Å². The van der Waals surface area contributed by atoms with Gasteiger partial charge in [-0.3, -0.25) is 10.1 Å². The maximum absolute atomic E-state index is 11.3. The van der Waals surface area contributed by atoms with E-state index < -0.39 is 16.9 Å². The SMILES string of the molecule is COC1CC(C(=O)O)N(c2cccc(C)c2[N+](=O)[O-])C1. The quantitative estimate of drug-likeness (QED) is 0.665. The number of aliphatic carboxylic acids is 1. The zero-order chi connectivity index (χ0) is 14.9. The van der Waals surface area contributed by atoms with Crippen molar-refractivity contribution in [2.75, 3.05) is 18.6 Å². The highest BCUT2D eigenvalue weighted by Gasteiger charge is 2.39. The summed E-state index contributed by atoms with van der Waals surface area (Å²) in [7, 11) is 1.51. The van der Waals surface area contributed by atoms with Crippen molar-refractivity contribution in [2.24, 2.45) is 0 Å². The first-order valence-electron chi connectivity index (χ1n) is 6.22. The van der Waals surface area contributed by atoms with Gasteiger partial charge in [-0.15, -0.1) is 0 Å². The molecule has 2 rings (SSSR count). The van der Waals surface area contributed by atoms with Gasteiger partial charge in [-0.2, -0.15) is 0 Å². The van der Waals surface area contributed by atoms with Gasteiger partial charge in [-0.1, -0.05) is 12.1 Å². The zero-order valence-corrected chi connectivity index (χ0v) is 11.3. The number of anilines is 1. The monoisotopic (exact) mass is 280 g/mol. The van der Waals surface area contributed by atoms with Crippen molar-refractivity contribution in [2.45, 2.75) is 25.5 Å². The summed E-state index contributed by atoms with van der Waals surface area (Å²) in [4.78, 5) is 23.6. The standard InChI is InChI=1S/C13H16N2O5/c1-8-4-3-5-10(12(8)15(18)19)14-7-9(20-2)6-11(14)13(16)17/h3-5,9,11H,6-7H2,1-2H3,(H,16,17). The smallest absolute Gasteiger partial charge is 0.326 e. The number of nitro benzene ring substituents is 1. The molecule has 108 valence electrons. The van der Waals surface area contributed by atoms with E-state index in [0.717, 1.165) is 0 Å². The molecule has 1 aliphatic heterocycles. The van der Waals surface area contributed by atoms with E-state index in [1.807, 2.05) is 0 Å². The lowest BCUT2D eigenvalue weighted by molar-refractivity contribution is -0.384. The van der Waals surface area contributed by atoms with Gasteiger partial charge in [0.25, 0.3) is 5.69 Å². The molecule has 1 saturated heterocycles. The van der Waals surface area contributed by atoms with E-state index in [1.165, 1.54) is 7.11 Å². The van der Waals surface area contributed by atoms with E-state index in [4.69, 9.17) is 4.74 Å². The minimum atomic E-state index is -1.000. The number of aryl methyl sites for hydroxylation is 1. The maximum atomic E-state index is 11.3. The highest BCUT2D eigenvalue weighted by Crippen LogP contribution is 2.36. The summed E-state index contributed by atoms with van der Waals surface area (Å²) in [6, 6.07) is 4.11. The fraction of sp³-hybridized carbons (Fsp3) is 0.462. The highest BCUT2D eigenvalue weighted by molar-refractivity contribution is 5.81. The van der Waals surface area contributed by atoms with Crippen molar-refractivity contribution in [1.82, 2.24) is 0 Å². The third-order valence-electron chi connectivity index (χ3n) is 3.59. The van der Waals surface area contributed by atoms with E-state index >= 15 is 0 Å². The van der Waals surface area contributed by atoms with Crippen LogP contribution in [-0.4, -0.2) is 41.8 Å². The van der Waals surface area contributed by atoms with Crippen molar-refractivity contribution < 1.29 is 19.6 Å². The van der Waals surface area contributed by atoms with E-state index in [-0.39, 0.29) is 11.8 Å². The number of carboxylic acid groups (broad SMARTS) is 1. The Bertz CT molecular complexity index is 546. The van der Waals surface area contributed by atoms with Crippen LogP contribution in [0.4, 0.5) is 11.4 Å². The molecule has 0 aliphatic carbocycles. The summed E-state index contributed by atoms with van der Waals surface area (Å²) in [6.45, 7) is 1.97. The Morgan fingerprint density at radius 1 is 1.55 bits per heavy atom. The molecule has 2 unspecified atom stereocenters. The van der Waals surface area contributed by atoms with Crippen LogP contribution in [0.2, 0.25) is 0 Å². The molecule has 1 aromatic rings. The first-order chi connectivity index (χ1) is 9.45. The predicted molar refractivity (Wildman–Crippen MR) is 72.0 cm³/mol. The van der Waals surface area contributed by atoms with Crippen LogP contribution in [0.1, 0.15) is 12.0 Å². The molecule has 20 heavy (non-hydrogen) atoms. The van der Waals surface area contributed by atoms with Crippen LogP contribution in [0.3, 0.4) is 0 Å². The number of methoxy groups -OCH3 is 1. The van der Waals surface area contributed by atoms with Gasteiger partial charge < -0.3 is 14.7 Å². The molecule has 2 atom stereocenters. The number of nitro groups is 1. The second kappa shape index (κ2) is 5.46. The maximum Gasteiger partial charge on any atom is 0.326 e. The number of para-hydroxylation sites is 1. The number of ether oxygens (including phenoxy) is 1. The molecule has 0 amide bonds. The van der Waals surface area contributed by atoms with Gasteiger partial charge in [0.2, 0.25) is 0 Å². The number of hydrogen-bond acceptors (Lipinski definition) is 5. The van der Waals surface area contributed by atoms with E-state index in [0.29, 0.717) is 24.2 Å². The number of carbonyl (C=O) groups is 1. The fourth-order valence-electron chi connectivity index (χ4n) is 2.58. The Hall–Kier alpha value is -2.15. The molecule has 0 aromatic heterocycles. The first kappa shape index (κ1) is 14.3. The summed E-state index contributed by atoms with van der Waals surface area (Å²) < 4.78 is 5.20. The lowest BCUT2D eigenvalue weighted by Gasteiger charge is -2.23. The van der Waals surface area contributed by atoms with Gasteiger partial charge in [-0.25, -0.2) is 4.79 Å². The van der Waals surface area contributed by atoms with Gasteiger partial charge >= 0.3 is 5.97 Å². The molecule has 0 bridgehead atoms. The summed E-state index contributed by atoms with van der Waals surface area (Å²) in [5.41, 5.74) is 0.801. The Morgan fingerprint density at radius 3 is 2.80 bits per heavy atom. The van der Waals surface area contributed by atoms with Gasteiger partial charge in [0, 0.05) is 25.6 Å². The largest absolute Gasteiger partial charge is 0.480 e. The summed E-state index contributed by atoms with van der Waals surface area (Å²) in [5.74, 6) is -1.000. The van der Waals surface area contributed by atoms with Gasteiger partial charge in [-0.05, 0) is 13.0 Å². The van der Waals surface area contributed by atoms with Crippen LogP contribution in [0.25, 0.3) is 0 Å².